The fraction of sp³-hybridized carbons (Fsp3) is 0.250. The van der Waals surface area contributed by atoms with E-state index in [1.165, 1.54) is 5.56 Å². The lowest BCUT2D eigenvalue weighted by Crippen LogP contribution is -2.19. The first-order valence-electron chi connectivity index (χ1n) is 6.24. The fourth-order valence-electron chi connectivity index (χ4n) is 2.32. The van der Waals surface area contributed by atoms with E-state index in [1.807, 2.05) is 44.3 Å². The van der Waals surface area contributed by atoms with Gasteiger partial charge in [0.05, 0.1) is 13.2 Å². The highest BCUT2D eigenvalue weighted by Crippen LogP contribution is 2.33. The zero-order valence-electron chi connectivity index (χ0n) is 11.4. The van der Waals surface area contributed by atoms with Crippen molar-refractivity contribution in [3.63, 3.8) is 0 Å². The Morgan fingerprint density at radius 2 is 1.74 bits per heavy atom. The van der Waals surface area contributed by atoms with Gasteiger partial charge in [0.2, 0.25) is 0 Å². The van der Waals surface area contributed by atoms with Gasteiger partial charge in [-0.05, 0) is 37.2 Å². The Balaban J connectivity index is 2.53. The second-order valence-corrected chi connectivity index (χ2v) is 4.82. The normalized spacial score (nSPS) is 12.2. The minimum atomic E-state index is 0.0647. The summed E-state index contributed by atoms with van der Waals surface area (Å²) >= 11 is 6.22. The van der Waals surface area contributed by atoms with E-state index in [1.54, 1.807) is 7.11 Å². The molecule has 0 bridgehead atoms. The summed E-state index contributed by atoms with van der Waals surface area (Å²) in [6.45, 7) is 2.04. The van der Waals surface area contributed by atoms with Gasteiger partial charge in [0.1, 0.15) is 5.75 Å². The highest BCUT2D eigenvalue weighted by atomic mass is 35.5. The van der Waals surface area contributed by atoms with Crippen molar-refractivity contribution in [2.45, 2.75) is 13.0 Å². The van der Waals surface area contributed by atoms with Crippen molar-refractivity contribution in [3.05, 3.63) is 64.2 Å². The van der Waals surface area contributed by atoms with Crippen molar-refractivity contribution in [1.29, 1.82) is 0 Å². The third kappa shape index (κ3) is 2.75. The topological polar surface area (TPSA) is 21.3 Å². The van der Waals surface area contributed by atoms with Crippen LogP contribution in [0.4, 0.5) is 0 Å². The third-order valence-electron chi connectivity index (χ3n) is 3.36. The maximum Gasteiger partial charge on any atom is 0.123 e. The Morgan fingerprint density at radius 3 is 2.42 bits per heavy atom. The molecule has 0 spiro atoms. The number of hydrogen-bond acceptors (Lipinski definition) is 2. The van der Waals surface area contributed by atoms with E-state index in [0.717, 1.165) is 21.9 Å². The summed E-state index contributed by atoms with van der Waals surface area (Å²) in [5.74, 6) is 0.876. The zero-order chi connectivity index (χ0) is 13.8. The number of methoxy groups -OCH3 is 1. The van der Waals surface area contributed by atoms with Gasteiger partial charge in [-0.15, -0.1) is 0 Å². The molecule has 0 saturated heterocycles. The number of nitrogens with one attached hydrogen (secondary N) is 1. The predicted octanol–water partition coefficient (Wildman–Crippen LogP) is 3.97. The third-order valence-corrected chi connectivity index (χ3v) is 3.77. The largest absolute Gasteiger partial charge is 0.496 e. The second-order valence-electron chi connectivity index (χ2n) is 4.42. The summed E-state index contributed by atoms with van der Waals surface area (Å²) in [7, 11) is 3.63. The second kappa shape index (κ2) is 6.09. The van der Waals surface area contributed by atoms with Crippen LogP contribution in [0.15, 0.2) is 42.5 Å². The smallest absolute Gasteiger partial charge is 0.123 e. The van der Waals surface area contributed by atoms with Crippen molar-refractivity contribution < 1.29 is 4.74 Å². The SMILES string of the molecule is CNC(c1ccccc1OC)c1cccc(Cl)c1C. The summed E-state index contributed by atoms with van der Waals surface area (Å²) in [5, 5.41) is 4.12. The van der Waals surface area contributed by atoms with Crippen LogP contribution >= 0.6 is 11.6 Å². The molecule has 2 nitrogen and oxygen atoms in total. The zero-order valence-corrected chi connectivity index (χ0v) is 12.2. The lowest BCUT2D eigenvalue weighted by molar-refractivity contribution is 0.405. The van der Waals surface area contributed by atoms with Crippen LogP contribution < -0.4 is 10.1 Å². The molecule has 0 saturated carbocycles. The highest BCUT2D eigenvalue weighted by molar-refractivity contribution is 6.31. The van der Waals surface area contributed by atoms with E-state index in [2.05, 4.69) is 17.4 Å². The number of halogens is 1. The lowest BCUT2D eigenvalue weighted by Gasteiger charge is -2.22. The van der Waals surface area contributed by atoms with E-state index in [4.69, 9.17) is 16.3 Å². The molecule has 0 aromatic heterocycles. The van der Waals surface area contributed by atoms with Crippen LogP contribution in [0.5, 0.6) is 5.75 Å². The van der Waals surface area contributed by atoms with Gasteiger partial charge in [-0.2, -0.15) is 0 Å². The van der Waals surface area contributed by atoms with E-state index in [-0.39, 0.29) is 6.04 Å². The van der Waals surface area contributed by atoms with Gasteiger partial charge in [0.15, 0.2) is 0 Å². The van der Waals surface area contributed by atoms with E-state index < -0.39 is 0 Å². The van der Waals surface area contributed by atoms with Gasteiger partial charge >= 0.3 is 0 Å². The van der Waals surface area contributed by atoms with Gasteiger partial charge in [-0.25, -0.2) is 0 Å². The quantitative estimate of drug-likeness (QED) is 0.912. The molecule has 2 aromatic carbocycles. The molecular formula is C16H18ClNO. The fourth-order valence-corrected chi connectivity index (χ4v) is 2.50. The predicted molar refractivity (Wildman–Crippen MR) is 80.1 cm³/mol. The molecule has 0 aliphatic heterocycles. The van der Waals surface area contributed by atoms with E-state index in [0.29, 0.717) is 0 Å². The molecule has 0 amide bonds. The monoisotopic (exact) mass is 275 g/mol. The lowest BCUT2D eigenvalue weighted by atomic mass is 9.94. The Kier molecular flexibility index (Phi) is 4.46. The molecule has 19 heavy (non-hydrogen) atoms. The molecule has 2 aromatic rings. The molecular weight excluding hydrogens is 258 g/mol. The molecule has 0 fully saturated rings. The Labute approximate surface area is 119 Å². The van der Waals surface area contributed by atoms with Crippen molar-refractivity contribution in [3.8, 4) is 5.75 Å². The van der Waals surface area contributed by atoms with Crippen LogP contribution in [0.2, 0.25) is 5.02 Å². The van der Waals surface area contributed by atoms with Crippen molar-refractivity contribution >= 4 is 11.6 Å². The van der Waals surface area contributed by atoms with Gasteiger partial charge in [0, 0.05) is 10.6 Å². The van der Waals surface area contributed by atoms with Gasteiger partial charge in [-0.3, -0.25) is 0 Å². The first kappa shape index (κ1) is 13.9. The van der Waals surface area contributed by atoms with Gasteiger partial charge in [0.25, 0.3) is 0 Å². The van der Waals surface area contributed by atoms with Crippen LogP contribution in [-0.2, 0) is 0 Å². The number of para-hydroxylation sites is 1. The van der Waals surface area contributed by atoms with Gasteiger partial charge < -0.3 is 10.1 Å². The molecule has 0 heterocycles. The first-order chi connectivity index (χ1) is 9.19. The maximum atomic E-state index is 6.22. The average molecular weight is 276 g/mol. The number of rotatable bonds is 4. The Morgan fingerprint density at radius 1 is 1.05 bits per heavy atom. The van der Waals surface area contributed by atoms with Crippen molar-refractivity contribution in [2.24, 2.45) is 0 Å². The van der Waals surface area contributed by atoms with Crippen molar-refractivity contribution in [1.82, 2.24) is 5.32 Å². The van der Waals surface area contributed by atoms with Gasteiger partial charge in [-0.1, -0.05) is 41.9 Å². The van der Waals surface area contributed by atoms with Crippen LogP contribution in [0.3, 0.4) is 0 Å². The Hall–Kier alpha value is -1.51. The molecule has 1 atom stereocenters. The first-order valence-corrected chi connectivity index (χ1v) is 6.62. The highest BCUT2D eigenvalue weighted by Gasteiger charge is 2.18. The molecule has 1 unspecified atom stereocenters. The molecule has 0 aliphatic carbocycles. The maximum absolute atomic E-state index is 6.22. The summed E-state index contributed by atoms with van der Waals surface area (Å²) < 4.78 is 5.45. The summed E-state index contributed by atoms with van der Waals surface area (Å²) in [6, 6.07) is 14.1. The van der Waals surface area contributed by atoms with Crippen LogP contribution in [0.25, 0.3) is 0 Å². The molecule has 2 rings (SSSR count). The number of hydrogen-bond donors (Lipinski definition) is 1. The average Bonchev–Trinajstić information content (AvgIpc) is 2.45. The minimum absolute atomic E-state index is 0.0647. The number of ether oxygens (including phenoxy) is 1. The Bertz CT molecular complexity index is 568. The molecule has 0 radical (unpaired) electrons. The van der Waals surface area contributed by atoms with E-state index in [9.17, 15) is 0 Å². The molecule has 3 heteroatoms. The molecule has 0 aliphatic rings. The van der Waals surface area contributed by atoms with Crippen LogP contribution in [0, 0.1) is 6.92 Å². The van der Waals surface area contributed by atoms with Crippen LogP contribution in [-0.4, -0.2) is 14.2 Å². The summed E-state index contributed by atoms with van der Waals surface area (Å²) in [6.07, 6.45) is 0. The van der Waals surface area contributed by atoms with E-state index >= 15 is 0 Å². The van der Waals surface area contributed by atoms with Crippen molar-refractivity contribution in [2.75, 3.05) is 14.2 Å². The van der Waals surface area contributed by atoms with Crippen LogP contribution in [0.1, 0.15) is 22.7 Å². The standard InChI is InChI=1S/C16H18ClNO/c1-11-12(8-6-9-14(11)17)16(18-2)13-7-4-5-10-15(13)19-3/h4-10,16,18H,1-3H3. The summed E-state index contributed by atoms with van der Waals surface area (Å²) in [5.41, 5.74) is 3.37. The minimum Gasteiger partial charge on any atom is -0.496 e. The summed E-state index contributed by atoms with van der Waals surface area (Å²) in [4.78, 5) is 0. The number of benzene rings is 2. The molecule has 1 N–H and O–H groups in total. The molecule has 100 valence electrons.